The van der Waals surface area contributed by atoms with E-state index in [4.69, 9.17) is 5.11 Å². The van der Waals surface area contributed by atoms with Crippen LogP contribution in [0.1, 0.15) is 24.0 Å². The van der Waals surface area contributed by atoms with E-state index in [-0.39, 0.29) is 6.03 Å². The van der Waals surface area contributed by atoms with Gasteiger partial charge in [0.05, 0.1) is 0 Å². The van der Waals surface area contributed by atoms with E-state index in [9.17, 15) is 9.59 Å². The molecule has 1 aliphatic heterocycles. The molecule has 2 amide bonds. The minimum absolute atomic E-state index is 0.275. The zero-order valence-electron chi connectivity index (χ0n) is 11.6. The van der Waals surface area contributed by atoms with Crippen LogP contribution in [0.3, 0.4) is 0 Å². The van der Waals surface area contributed by atoms with Crippen LogP contribution >= 0.6 is 0 Å². The van der Waals surface area contributed by atoms with Crippen molar-refractivity contribution in [2.24, 2.45) is 0 Å². The number of carboxylic acids is 1. The van der Waals surface area contributed by atoms with Crippen molar-refractivity contribution in [1.29, 1.82) is 0 Å². The molecule has 1 atom stereocenters. The number of amides is 2. The largest absolute Gasteiger partial charge is 0.480 e. The fourth-order valence-electron chi connectivity index (χ4n) is 2.56. The Morgan fingerprint density at radius 1 is 1.40 bits per heavy atom. The maximum atomic E-state index is 12.0. The molecule has 20 heavy (non-hydrogen) atoms. The Labute approximate surface area is 118 Å². The van der Waals surface area contributed by atoms with Gasteiger partial charge in [-0.25, -0.2) is 9.59 Å². The highest BCUT2D eigenvalue weighted by atomic mass is 16.4. The van der Waals surface area contributed by atoms with Gasteiger partial charge in [0.2, 0.25) is 0 Å². The predicted molar refractivity (Wildman–Crippen MR) is 75.6 cm³/mol. The molecule has 2 N–H and O–H groups in total. The van der Waals surface area contributed by atoms with E-state index >= 15 is 0 Å². The van der Waals surface area contributed by atoms with Crippen LogP contribution in [0.25, 0.3) is 0 Å². The van der Waals surface area contributed by atoms with E-state index in [0.29, 0.717) is 19.5 Å². The molecular formula is C15H20N2O3. The number of carbonyl (C=O) groups excluding carboxylic acids is 1. The van der Waals surface area contributed by atoms with Gasteiger partial charge in [0.15, 0.2) is 0 Å². The average Bonchev–Trinajstić information content (AvgIpc) is 2.90. The van der Waals surface area contributed by atoms with Gasteiger partial charge in [0.1, 0.15) is 6.04 Å². The number of carboxylic acid groups (broad SMARTS) is 1. The normalized spacial score (nSPS) is 18.1. The summed E-state index contributed by atoms with van der Waals surface area (Å²) in [4.78, 5) is 24.4. The Balaban J connectivity index is 1.84. The Morgan fingerprint density at radius 3 is 2.85 bits per heavy atom. The summed E-state index contributed by atoms with van der Waals surface area (Å²) in [6, 6.07) is 7.09. The molecule has 0 aromatic heterocycles. The summed E-state index contributed by atoms with van der Waals surface area (Å²) in [7, 11) is 0. The van der Waals surface area contributed by atoms with Gasteiger partial charge in [-0.1, -0.05) is 24.3 Å². The lowest BCUT2D eigenvalue weighted by Gasteiger charge is -2.21. The van der Waals surface area contributed by atoms with Crippen molar-refractivity contribution in [3.8, 4) is 0 Å². The zero-order chi connectivity index (χ0) is 14.5. The third-order valence-electron chi connectivity index (χ3n) is 3.73. The average molecular weight is 276 g/mol. The maximum Gasteiger partial charge on any atom is 0.326 e. The van der Waals surface area contributed by atoms with Crippen LogP contribution in [0.2, 0.25) is 0 Å². The Hall–Kier alpha value is -2.04. The second-order valence-electron chi connectivity index (χ2n) is 5.10. The summed E-state index contributed by atoms with van der Waals surface area (Å²) in [5, 5.41) is 11.9. The smallest absolute Gasteiger partial charge is 0.326 e. The number of rotatable bonds is 4. The summed E-state index contributed by atoms with van der Waals surface area (Å²) < 4.78 is 0. The van der Waals surface area contributed by atoms with Crippen LogP contribution < -0.4 is 5.32 Å². The Bertz CT molecular complexity index is 502. The van der Waals surface area contributed by atoms with Crippen LogP contribution in [0.15, 0.2) is 24.3 Å². The molecule has 1 heterocycles. The molecule has 0 radical (unpaired) electrons. The Morgan fingerprint density at radius 2 is 2.15 bits per heavy atom. The van der Waals surface area contributed by atoms with Crippen LogP contribution in [0.4, 0.5) is 4.79 Å². The van der Waals surface area contributed by atoms with Crippen molar-refractivity contribution in [3.05, 3.63) is 35.4 Å². The molecule has 1 fully saturated rings. The molecule has 0 saturated carbocycles. The van der Waals surface area contributed by atoms with E-state index in [1.54, 1.807) is 0 Å². The van der Waals surface area contributed by atoms with E-state index in [2.05, 4.69) is 5.32 Å². The molecular weight excluding hydrogens is 256 g/mol. The monoisotopic (exact) mass is 276 g/mol. The first-order chi connectivity index (χ1) is 9.59. The lowest BCUT2D eigenvalue weighted by atomic mass is 10.1. The third-order valence-corrected chi connectivity index (χ3v) is 3.73. The lowest BCUT2D eigenvalue weighted by Crippen LogP contribution is -2.46. The fraction of sp³-hybridized carbons (Fsp3) is 0.467. The number of urea groups is 1. The van der Waals surface area contributed by atoms with Crippen LogP contribution in [-0.2, 0) is 11.2 Å². The van der Waals surface area contributed by atoms with Crippen molar-refractivity contribution in [2.75, 3.05) is 13.1 Å². The summed E-state index contributed by atoms with van der Waals surface area (Å²) in [5.41, 5.74) is 2.40. The SMILES string of the molecule is Cc1ccccc1CCNC(=O)N1CCCC1C(=O)O. The van der Waals surface area contributed by atoms with Gasteiger partial charge in [0, 0.05) is 13.1 Å². The number of nitrogens with one attached hydrogen (secondary N) is 1. The van der Waals surface area contributed by atoms with Gasteiger partial charge in [-0.3, -0.25) is 0 Å². The minimum atomic E-state index is -0.920. The second kappa shape index (κ2) is 6.41. The number of aryl methyl sites for hydroxylation is 1. The second-order valence-corrected chi connectivity index (χ2v) is 5.10. The summed E-state index contributed by atoms with van der Waals surface area (Å²) >= 11 is 0. The highest BCUT2D eigenvalue weighted by molar-refractivity contribution is 5.83. The molecule has 1 unspecified atom stereocenters. The summed E-state index contributed by atoms with van der Waals surface area (Å²) in [6.07, 6.45) is 2.05. The van der Waals surface area contributed by atoms with Gasteiger partial charge >= 0.3 is 12.0 Å². The molecule has 0 bridgehead atoms. The zero-order valence-corrected chi connectivity index (χ0v) is 11.6. The summed E-state index contributed by atoms with van der Waals surface area (Å²) in [5.74, 6) is -0.920. The molecule has 2 rings (SSSR count). The van der Waals surface area contributed by atoms with Gasteiger partial charge < -0.3 is 15.3 Å². The van der Waals surface area contributed by atoms with Gasteiger partial charge in [-0.05, 0) is 37.3 Å². The molecule has 1 aliphatic rings. The predicted octanol–water partition coefficient (Wildman–Crippen LogP) is 1.80. The lowest BCUT2D eigenvalue weighted by molar-refractivity contribution is -0.141. The molecule has 1 aromatic rings. The molecule has 1 aromatic carbocycles. The molecule has 5 nitrogen and oxygen atoms in total. The highest BCUT2D eigenvalue weighted by Gasteiger charge is 2.33. The highest BCUT2D eigenvalue weighted by Crippen LogP contribution is 2.17. The summed E-state index contributed by atoms with van der Waals surface area (Å²) in [6.45, 7) is 3.08. The maximum absolute atomic E-state index is 12.0. The number of hydrogen-bond donors (Lipinski definition) is 2. The molecule has 0 spiro atoms. The van der Waals surface area contributed by atoms with Crippen LogP contribution in [-0.4, -0.2) is 41.1 Å². The topological polar surface area (TPSA) is 69.6 Å². The molecule has 0 aliphatic carbocycles. The van der Waals surface area contributed by atoms with E-state index in [1.165, 1.54) is 16.0 Å². The van der Waals surface area contributed by atoms with E-state index < -0.39 is 12.0 Å². The van der Waals surface area contributed by atoms with Gasteiger partial charge in [-0.2, -0.15) is 0 Å². The molecule has 108 valence electrons. The minimum Gasteiger partial charge on any atom is -0.480 e. The standard InChI is InChI=1S/C15H20N2O3/c1-11-5-2-3-6-12(11)8-9-16-15(20)17-10-4-7-13(17)14(18)19/h2-3,5-6,13H,4,7-10H2,1H3,(H,16,20)(H,18,19). The number of aliphatic carboxylic acids is 1. The number of benzene rings is 1. The van der Waals surface area contributed by atoms with Gasteiger partial charge in [0.25, 0.3) is 0 Å². The van der Waals surface area contributed by atoms with Crippen molar-refractivity contribution < 1.29 is 14.7 Å². The number of likely N-dealkylation sites (tertiary alicyclic amines) is 1. The first-order valence-corrected chi connectivity index (χ1v) is 6.91. The Kier molecular flexibility index (Phi) is 4.61. The fourth-order valence-corrected chi connectivity index (χ4v) is 2.56. The van der Waals surface area contributed by atoms with E-state index in [1.807, 2.05) is 31.2 Å². The van der Waals surface area contributed by atoms with Crippen molar-refractivity contribution in [3.63, 3.8) is 0 Å². The number of nitrogens with zero attached hydrogens (tertiary/aromatic N) is 1. The first kappa shape index (κ1) is 14.4. The van der Waals surface area contributed by atoms with E-state index in [0.717, 1.165) is 12.8 Å². The van der Waals surface area contributed by atoms with Crippen LogP contribution in [0.5, 0.6) is 0 Å². The van der Waals surface area contributed by atoms with Gasteiger partial charge in [-0.15, -0.1) is 0 Å². The quantitative estimate of drug-likeness (QED) is 0.881. The van der Waals surface area contributed by atoms with Crippen molar-refractivity contribution >= 4 is 12.0 Å². The number of hydrogen-bond acceptors (Lipinski definition) is 2. The first-order valence-electron chi connectivity index (χ1n) is 6.91. The molecule has 5 heteroatoms. The number of carbonyl (C=O) groups is 2. The molecule has 1 saturated heterocycles. The van der Waals surface area contributed by atoms with Crippen molar-refractivity contribution in [1.82, 2.24) is 10.2 Å². The van der Waals surface area contributed by atoms with Crippen molar-refractivity contribution in [2.45, 2.75) is 32.2 Å². The van der Waals surface area contributed by atoms with Crippen LogP contribution in [0, 0.1) is 6.92 Å². The third kappa shape index (κ3) is 3.29.